The van der Waals surface area contributed by atoms with Crippen molar-refractivity contribution in [2.24, 2.45) is 0 Å². The van der Waals surface area contributed by atoms with E-state index in [1.165, 1.54) is 20.1 Å². The zero-order chi connectivity index (χ0) is 22.3. The number of carbonyl (C=O) groups is 1. The van der Waals surface area contributed by atoms with Crippen molar-refractivity contribution >= 4 is 39.7 Å². The number of ether oxygens (including phenoxy) is 2. The van der Waals surface area contributed by atoms with Crippen LogP contribution in [0.4, 0.5) is 16.3 Å². The van der Waals surface area contributed by atoms with Crippen molar-refractivity contribution in [3.8, 4) is 11.6 Å². The highest BCUT2D eigenvalue weighted by atomic mass is 19.1. The second-order valence-corrected chi connectivity index (χ2v) is 7.19. The van der Waals surface area contributed by atoms with Gasteiger partial charge in [0.1, 0.15) is 0 Å². The minimum Gasteiger partial charge on any atom is -0.494 e. The molecule has 8 nitrogen and oxygen atoms in total. The molecule has 31 heavy (non-hydrogen) atoms. The second-order valence-electron chi connectivity index (χ2n) is 7.19. The first-order valence-electron chi connectivity index (χ1n) is 9.51. The Bertz CT molecular complexity index is 1360. The fourth-order valence-electron chi connectivity index (χ4n) is 3.42. The maximum Gasteiger partial charge on any atom is 0.309 e. The number of halogens is 1. The molecule has 0 aliphatic heterocycles. The first kappa shape index (κ1) is 20.4. The Kier molecular flexibility index (Phi) is 5.10. The van der Waals surface area contributed by atoms with Crippen LogP contribution in [-0.4, -0.2) is 33.0 Å². The third-order valence-electron chi connectivity index (χ3n) is 4.72. The van der Waals surface area contributed by atoms with Gasteiger partial charge in [0, 0.05) is 18.4 Å². The molecule has 0 amide bonds. The highest BCUT2D eigenvalue weighted by Gasteiger charge is 2.16. The lowest BCUT2D eigenvalue weighted by molar-refractivity contribution is -0.132. The molecule has 0 aliphatic carbocycles. The topological polar surface area (TPSA) is 99.1 Å². The number of nitrogens with one attached hydrogen (secondary N) is 1. The monoisotopic (exact) mass is 421 g/mol. The van der Waals surface area contributed by atoms with Crippen LogP contribution >= 0.6 is 0 Å². The SMILES string of the molecule is COc1cc2c(C)nc(Nc3nc(OC(C)=O)c4cc(C)cc(C)c4n3)nc2cc1F. The van der Waals surface area contributed by atoms with Gasteiger partial charge in [-0.1, -0.05) is 6.07 Å². The third-order valence-corrected chi connectivity index (χ3v) is 4.72. The maximum atomic E-state index is 14.2. The van der Waals surface area contributed by atoms with Gasteiger partial charge >= 0.3 is 5.97 Å². The van der Waals surface area contributed by atoms with Gasteiger partial charge in [0.25, 0.3) is 0 Å². The van der Waals surface area contributed by atoms with Crippen LogP contribution in [-0.2, 0) is 4.79 Å². The molecule has 0 spiro atoms. The van der Waals surface area contributed by atoms with Gasteiger partial charge in [0.05, 0.1) is 29.2 Å². The largest absolute Gasteiger partial charge is 0.494 e. The number of hydrogen-bond acceptors (Lipinski definition) is 8. The summed E-state index contributed by atoms with van der Waals surface area (Å²) < 4.78 is 24.5. The molecule has 9 heteroatoms. The highest BCUT2D eigenvalue weighted by Crippen LogP contribution is 2.30. The van der Waals surface area contributed by atoms with Gasteiger partial charge in [-0.15, -0.1) is 0 Å². The number of fused-ring (bicyclic) bond motifs is 2. The van der Waals surface area contributed by atoms with Crippen LogP contribution in [0.5, 0.6) is 11.6 Å². The number of methoxy groups -OCH3 is 1. The average Bonchev–Trinajstić information content (AvgIpc) is 2.68. The highest BCUT2D eigenvalue weighted by molar-refractivity contribution is 5.90. The number of hydrogen-bond donors (Lipinski definition) is 1. The molecule has 2 aromatic carbocycles. The number of esters is 1. The Labute approximate surface area is 177 Å². The van der Waals surface area contributed by atoms with E-state index in [2.05, 4.69) is 25.3 Å². The van der Waals surface area contributed by atoms with Crippen molar-refractivity contribution in [1.29, 1.82) is 0 Å². The summed E-state index contributed by atoms with van der Waals surface area (Å²) in [4.78, 5) is 29.3. The van der Waals surface area contributed by atoms with Gasteiger partial charge in [-0.05, 0) is 44.0 Å². The number of nitrogens with zero attached hydrogens (tertiary/aromatic N) is 4. The summed E-state index contributed by atoms with van der Waals surface area (Å²) in [7, 11) is 1.40. The summed E-state index contributed by atoms with van der Waals surface area (Å²) in [6.07, 6.45) is 0. The van der Waals surface area contributed by atoms with Crippen molar-refractivity contribution < 1.29 is 18.7 Å². The molecule has 0 saturated carbocycles. The van der Waals surface area contributed by atoms with E-state index in [9.17, 15) is 9.18 Å². The molecular formula is C22H20FN5O3. The smallest absolute Gasteiger partial charge is 0.309 e. The van der Waals surface area contributed by atoms with E-state index in [0.29, 0.717) is 27.5 Å². The normalized spacial score (nSPS) is 11.0. The molecule has 0 bridgehead atoms. The van der Waals surface area contributed by atoms with Crippen LogP contribution in [0.3, 0.4) is 0 Å². The number of aromatic nitrogens is 4. The minimum absolute atomic E-state index is 0.120. The first-order valence-corrected chi connectivity index (χ1v) is 9.51. The lowest BCUT2D eigenvalue weighted by Crippen LogP contribution is -2.08. The average molecular weight is 421 g/mol. The lowest BCUT2D eigenvalue weighted by atomic mass is 10.1. The molecule has 4 aromatic rings. The Morgan fingerprint density at radius 1 is 0.968 bits per heavy atom. The molecule has 158 valence electrons. The summed E-state index contributed by atoms with van der Waals surface area (Å²) in [6, 6.07) is 6.67. The number of aryl methyl sites for hydroxylation is 3. The molecule has 0 atom stereocenters. The van der Waals surface area contributed by atoms with E-state index in [-0.39, 0.29) is 23.5 Å². The minimum atomic E-state index is -0.524. The summed E-state index contributed by atoms with van der Waals surface area (Å²) in [5.41, 5.74) is 3.56. The fraction of sp³-hybridized carbons (Fsp3) is 0.227. The molecule has 0 saturated heterocycles. The summed E-state index contributed by atoms with van der Waals surface area (Å²) in [5, 5.41) is 4.23. The second kappa shape index (κ2) is 7.75. The Morgan fingerprint density at radius 2 is 1.71 bits per heavy atom. The van der Waals surface area contributed by atoms with Crippen molar-refractivity contribution in [3.05, 3.63) is 46.9 Å². The number of anilines is 2. The molecule has 2 aromatic heterocycles. The summed E-state index contributed by atoms with van der Waals surface area (Å²) in [6.45, 7) is 6.94. The molecule has 4 rings (SSSR count). The number of benzene rings is 2. The van der Waals surface area contributed by atoms with Crippen molar-refractivity contribution in [1.82, 2.24) is 19.9 Å². The number of rotatable bonds is 4. The molecule has 1 N–H and O–H groups in total. The molecule has 0 aliphatic rings. The summed E-state index contributed by atoms with van der Waals surface area (Å²) >= 11 is 0. The van der Waals surface area contributed by atoms with Crippen LogP contribution in [0.1, 0.15) is 23.7 Å². The van der Waals surface area contributed by atoms with Crippen LogP contribution in [0, 0.1) is 26.6 Å². The molecule has 0 fully saturated rings. The molecule has 2 heterocycles. The van der Waals surface area contributed by atoms with E-state index >= 15 is 0 Å². The standard InChI is InChI=1S/C22H20FN5O3/c1-10-6-11(2)19-15(7-10)20(31-13(4)29)27-22(26-19)28-21-24-12(3)14-8-18(30-5)16(23)9-17(14)25-21/h6-9H,1-5H3,(H,24,25,26,27,28). The predicted molar refractivity (Wildman–Crippen MR) is 114 cm³/mol. The van der Waals surface area contributed by atoms with Gasteiger partial charge in [-0.3, -0.25) is 10.1 Å². The quantitative estimate of drug-likeness (QED) is 0.487. The van der Waals surface area contributed by atoms with Crippen molar-refractivity contribution in [2.45, 2.75) is 27.7 Å². The Hall–Kier alpha value is -3.88. The molecule has 0 unspecified atom stereocenters. The predicted octanol–water partition coefficient (Wildman–Crippen LogP) is 4.31. The van der Waals surface area contributed by atoms with Gasteiger partial charge < -0.3 is 9.47 Å². The summed E-state index contributed by atoms with van der Waals surface area (Å²) in [5.74, 6) is -0.415. The first-order chi connectivity index (χ1) is 14.7. The van der Waals surface area contributed by atoms with E-state index in [0.717, 1.165) is 11.1 Å². The van der Waals surface area contributed by atoms with E-state index in [4.69, 9.17) is 9.47 Å². The van der Waals surface area contributed by atoms with Crippen LogP contribution < -0.4 is 14.8 Å². The van der Waals surface area contributed by atoms with Gasteiger partial charge in [0.15, 0.2) is 11.6 Å². The van der Waals surface area contributed by atoms with E-state index in [1.807, 2.05) is 26.0 Å². The van der Waals surface area contributed by atoms with E-state index < -0.39 is 11.8 Å². The van der Waals surface area contributed by atoms with Crippen molar-refractivity contribution in [2.75, 3.05) is 12.4 Å². The van der Waals surface area contributed by atoms with Gasteiger partial charge in [-0.25, -0.2) is 19.3 Å². The third kappa shape index (κ3) is 3.94. The maximum absolute atomic E-state index is 14.2. The Balaban J connectivity index is 1.82. The van der Waals surface area contributed by atoms with Crippen LogP contribution in [0.2, 0.25) is 0 Å². The van der Waals surface area contributed by atoms with Gasteiger partial charge in [-0.2, -0.15) is 4.98 Å². The Morgan fingerprint density at radius 3 is 2.42 bits per heavy atom. The van der Waals surface area contributed by atoms with Crippen molar-refractivity contribution in [3.63, 3.8) is 0 Å². The van der Waals surface area contributed by atoms with Gasteiger partial charge in [0.2, 0.25) is 17.8 Å². The van der Waals surface area contributed by atoms with E-state index in [1.54, 1.807) is 13.0 Å². The zero-order valence-electron chi connectivity index (χ0n) is 17.7. The number of carbonyl (C=O) groups excluding carboxylic acids is 1. The zero-order valence-corrected chi connectivity index (χ0v) is 17.7. The fourth-order valence-corrected chi connectivity index (χ4v) is 3.42. The molecular weight excluding hydrogens is 401 g/mol. The lowest BCUT2D eigenvalue weighted by Gasteiger charge is -2.12. The van der Waals surface area contributed by atoms with Crippen LogP contribution in [0.25, 0.3) is 21.8 Å². The van der Waals surface area contributed by atoms with Crippen LogP contribution in [0.15, 0.2) is 24.3 Å². The molecule has 0 radical (unpaired) electrons.